The second-order valence-corrected chi connectivity index (χ2v) is 6.45. The maximum atomic E-state index is 5.51. The second-order valence-electron chi connectivity index (χ2n) is 6.45. The van der Waals surface area contributed by atoms with Crippen molar-refractivity contribution in [1.29, 1.82) is 0 Å². The summed E-state index contributed by atoms with van der Waals surface area (Å²) in [5.41, 5.74) is 2.30. The predicted octanol–water partition coefficient (Wildman–Crippen LogP) is 3.22. The third kappa shape index (κ3) is 5.81. The van der Waals surface area contributed by atoms with Crippen molar-refractivity contribution in [3.63, 3.8) is 0 Å². The minimum atomic E-state index is 0.390. The van der Waals surface area contributed by atoms with E-state index in [-0.39, 0.29) is 0 Å². The highest BCUT2D eigenvalue weighted by atomic mass is 16.5. The molecule has 0 saturated carbocycles. The molecule has 6 nitrogen and oxygen atoms in total. The van der Waals surface area contributed by atoms with E-state index in [1.165, 1.54) is 5.56 Å². The predicted molar refractivity (Wildman–Crippen MR) is 114 cm³/mol. The Morgan fingerprint density at radius 2 is 1.61 bits per heavy atom. The van der Waals surface area contributed by atoms with Gasteiger partial charge in [-0.2, -0.15) is 0 Å². The van der Waals surface area contributed by atoms with E-state index in [0.717, 1.165) is 36.0 Å². The monoisotopic (exact) mass is 385 g/mol. The summed E-state index contributed by atoms with van der Waals surface area (Å²) in [5, 5.41) is 6.74. The van der Waals surface area contributed by atoms with E-state index in [9.17, 15) is 0 Å². The molecule has 1 atom stereocenters. The van der Waals surface area contributed by atoms with Crippen molar-refractivity contribution in [2.45, 2.75) is 19.3 Å². The molecule has 2 aromatic rings. The first-order valence-electron chi connectivity index (χ1n) is 9.41. The number of nitrogens with one attached hydrogen (secondary N) is 2. The zero-order valence-corrected chi connectivity index (χ0v) is 17.4. The zero-order chi connectivity index (χ0) is 20.4. The lowest BCUT2D eigenvalue weighted by Gasteiger charge is -2.18. The van der Waals surface area contributed by atoms with Crippen LogP contribution in [0, 0.1) is 0 Å². The van der Waals surface area contributed by atoms with E-state index in [1.807, 2.05) is 18.2 Å². The number of methoxy groups -OCH3 is 3. The molecule has 28 heavy (non-hydrogen) atoms. The van der Waals surface area contributed by atoms with Crippen LogP contribution in [0.25, 0.3) is 0 Å². The molecule has 0 heterocycles. The third-order valence-electron chi connectivity index (χ3n) is 4.65. The van der Waals surface area contributed by atoms with E-state index in [1.54, 1.807) is 28.4 Å². The van der Waals surface area contributed by atoms with Crippen LogP contribution in [-0.4, -0.2) is 47.4 Å². The van der Waals surface area contributed by atoms with Gasteiger partial charge in [-0.05, 0) is 17.9 Å². The fraction of sp³-hybridized carbons (Fsp3) is 0.409. The molecule has 0 aliphatic heterocycles. The van der Waals surface area contributed by atoms with E-state index in [2.05, 4.69) is 46.8 Å². The van der Waals surface area contributed by atoms with Gasteiger partial charge in [-0.25, -0.2) is 0 Å². The maximum absolute atomic E-state index is 5.51. The number of benzene rings is 2. The van der Waals surface area contributed by atoms with Crippen molar-refractivity contribution in [3.8, 4) is 17.2 Å². The van der Waals surface area contributed by atoms with Crippen LogP contribution in [0.5, 0.6) is 17.2 Å². The summed E-state index contributed by atoms with van der Waals surface area (Å²) in [6, 6.07) is 14.2. The lowest BCUT2D eigenvalue weighted by Crippen LogP contribution is -2.40. The smallest absolute Gasteiger partial charge is 0.191 e. The van der Waals surface area contributed by atoms with Crippen molar-refractivity contribution < 1.29 is 14.2 Å². The normalized spacial score (nSPS) is 12.2. The molecule has 0 bridgehead atoms. The summed E-state index contributed by atoms with van der Waals surface area (Å²) >= 11 is 0. The fourth-order valence-corrected chi connectivity index (χ4v) is 3.00. The number of rotatable bonds is 9. The van der Waals surface area contributed by atoms with E-state index in [0.29, 0.717) is 18.2 Å². The molecule has 2 aromatic carbocycles. The van der Waals surface area contributed by atoms with Gasteiger partial charge in [-0.1, -0.05) is 37.3 Å². The molecular formula is C22H31N3O3. The van der Waals surface area contributed by atoms with Crippen molar-refractivity contribution >= 4 is 5.96 Å². The largest absolute Gasteiger partial charge is 0.496 e. The van der Waals surface area contributed by atoms with Gasteiger partial charge in [0.2, 0.25) is 0 Å². The Balaban J connectivity index is 1.92. The number of nitrogens with zero attached hydrogens (tertiary/aromatic N) is 1. The van der Waals surface area contributed by atoms with Crippen LogP contribution < -0.4 is 24.8 Å². The number of hydrogen-bond donors (Lipinski definition) is 2. The van der Waals surface area contributed by atoms with Crippen LogP contribution in [0.1, 0.15) is 24.0 Å². The molecule has 0 fully saturated rings. The maximum Gasteiger partial charge on any atom is 0.191 e. The first-order chi connectivity index (χ1) is 13.6. The van der Waals surface area contributed by atoms with Crippen LogP contribution in [0.4, 0.5) is 0 Å². The van der Waals surface area contributed by atoms with Crippen LogP contribution >= 0.6 is 0 Å². The van der Waals surface area contributed by atoms with Crippen molar-refractivity contribution in [2.24, 2.45) is 4.99 Å². The molecule has 0 aliphatic rings. The molecule has 2 rings (SSSR count). The van der Waals surface area contributed by atoms with Gasteiger partial charge in [-0.3, -0.25) is 4.99 Å². The summed E-state index contributed by atoms with van der Waals surface area (Å²) in [4.78, 5) is 4.31. The van der Waals surface area contributed by atoms with E-state index in [4.69, 9.17) is 14.2 Å². The van der Waals surface area contributed by atoms with E-state index >= 15 is 0 Å². The quantitative estimate of drug-likeness (QED) is 0.513. The molecule has 0 spiro atoms. The second kappa shape index (κ2) is 11.1. The van der Waals surface area contributed by atoms with Crippen molar-refractivity contribution in [3.05, 3.63) is 53.6 Å². The summed E-state index contributed by atoms with van der Waals surface area (Å²) in [5.74, 6) is 3.37. The standard InChI is InChI=1S/C22H31N3O3/c1-16(17-9-7-6-8-10-17)15-25-22(23-2)24-12-11-19-20(27-4)13-18(26-3)14-21(19)28-5/h6-10,13-14,16H,11-12,15H2,1-5H3,(H2,23,24,25). The van der Waals surface area contributed by atoms with Crippen molar-refractivity contribution in [1.82, 2.24) is 10.6 Å². The Hall–Kier alpha value is -2.89. The molecule has 1 unspecified atom stereocenters. The average molecular weight is 386 g/mol. The SMILES string of the molecule is CN=C(NCCc1c(OC)cc(OC)cc1OC)NCC(C)c1ccccc1. The van der Waals surface area contributed by atoms with Gasteiger partial charge in [0.05, 0.1) is 21.3 Å². The van der Waals surface area contributed by atoms with Gasteiger partial charge in [0.15, 0.2) is 5.96 Å². The summed E-state index contributed by atoms with van der Waals surface area (Å²) in [7, 11) is 6.70. The fourth-order valence-electron chi connectivity index (χ4n) is 3.00. The van der Waals surface area contributed by atoms with Gasteiger partial charge in [0, 0.05) is 37.8 Å². The number of guanidine groups is 1. The Labute approximate surface area is 167 Å². The lowest BCUT2D eigenvalue weighted by molar-refractivity contribution is 0.368. The highest BCUT2D eigenvalue weighted by Gasteiger charge is 2.13. The highest BCUT2D eigenvalue weighted by molar-refractivity contribution is 5.79. The van der Waals surface area contributed by atoms with Gasteiger partial charge in [0.1, 0.15) is 17.2 Å². The Kier molecular flexibility index (Phi) is 8.46. The number of hydrogen-bond acceptors (Lipinski definition) is 4. The molecular weight excluding hydrogens is 354 g/mol. The minimum absolute atomic E-state index is 0.390. The number of aliphatic imine (C=N–C) groups is 1. The van der Waals surface area contributed by atoms with Crippen LogP contribution in [0.2, 0.25) is 0 Å². The topological polar surface area (TPSA) is 64.1 Å². The lowest BCUT2D eigenvalue weighted by atomic mass is 10.0. The van der Waals surface area contributed by atoms with Gasteiger partial charge >= 0.3 is 0 Å². The summed E-state index contributed by atoms with van der Waals surface area (Å²) in [6.45, 7) is 3.69. The average Bonchev–Trinajstić information content (AvgIpc) is 2.75. The molecule has 6 heteroatoms. The van der Waals surface area contributed by atoms with E-state index < -0.39 is 0 Å². The van der Waals surface area contributed by atoms with Crippen LogP contribution in [-0.2, 0) is 6.42 Å². The minimum Gasteiger partial charge on any atom is -0.496 e. The van der Waals surface area contributed by atoms with Crippen LogP contribution in [0.3, 0.4) is 0 Å². The Morgan fingerprint density at radius 3 is 2.14 bits per heavy atom. The van der Waals surface area contributed by atoms with Gasteiger partial charge in [-0.15, -0.1) is 0 Å². The zero-order valence-electron chi connectivity index (χ0n) is 17.4. The Bertz CT molecular complexity index is 738. The van der Waals surface area contributed by atoms with Crippen LogP contribution in [0.15, 0.2) is 47.5 Å². The first-order valence-corrected chi connectivity index (χ1v) is 9.41. The molecule has 0 radical (unpaired) electrons. The Morgan fingerprint density at radius 1 is 0.964 bits per heavy atom. The number of ether oxygens (including phenoxy) is 3. The molecule has 0 saturated heterocycles. The van der Waals surface area contributed by atoms with Crippen molar-refractivity contribution in [2.75, 3.05) is 41.5 Å². The summed E-state index contributed by atoms with van der Waals surface area (Å²) in [6.07, 6.45) is 0.727. The molecule has 152 valence electrons. The first kappa shape index (κ1) is 21.4. The molecule has 0 aliphatic carbocycles. The molecule has 2 N–H and O–H groups in total. The third-order valence-corrected chi connectivity index (χ3v) is 4.65. The van der Waals surface area contributed by atoms with Gasteiger partial charge in [0.25, 0.3) is 0 Å². The highest BCUT2D eigenvalue weighted by Crippen LogP contribution is 2.34. The molecule has 0 aromatic heterocycles. The summed E-state index contributed by atoms with van der Waals surface area (Å²) < 4.78 is 16.3. The van der Waals surface area contributed by atoms with Gasteiger partial charge < -0.3 is 24.8 Å². The molecule has 0 amide bonds.